The second-order valence-electron chi connectivity index (χ2n) is 1.95. The van der Waals surface area contributed by atoms with E-state index in [1.165, 1.54) is 5.56 Å². The molecule has 0 spiro atoms. The Morgan fingerprint density at radius 3 is 2.50 bits per heavy atom. The van der Waals surface area contributed by atoms with Crippen LogP contribution in [0.15, 0.2) is 35.3 Å². The van der Waals surface area contributed by atoms with E-state index in [-0.39, 0.29) is 0 Å². The molecule has 0 bridgehead atoms. The molecule has 0 unspecified atom stereocenters. The Kier molecular flexibility index (Phi) is 3.28. The van der Waals surface area contributed by atoms with Crippen LogP contribution in [-0.4, -0.2) is 15.0 Å². The first-order valence-corrected chi connectivity index (χ1v) is 5.88. The van der Waals surface area contributed by atoms with E-state index in [0.29, 0.717) is 15.0 Å². The van der Waals surface area contributed by atoms with Crippen LogP contribution in [0, 0.1) is 0 Å². The maximum atomic E-state index is 2.22. The van der Waals surface area contributed by atoms with E-state index in [1.807, 2.05) is 6.07 Å². The fourth-order valence-electron chi connectivity index (χ4n) is 0.711. The van der Waals surface area contributed by atoms with Crippen molar-refractivity contribution in [2.24, 2.45) is 0 Å². The summed E-state index contributed by atoms with van der Waals surface area (Å²) in [5.74, 6) is 2.20. The Labute approximate surface area is 68.1 Å². The van der Waals surface area contributed by atoms with Gasteiger partial charge < -0.3 is 0 Å². The summed E-state index contributed by atoms with van der Waals surface area (Å²) in [5, 5.41) is 0. The fourth-order valence-corrected chi connectivity index (χ4v) is 1.33. The normalized spacial score (nSPS) is 10.5. The molecule has 0 amide bonds. The molecule has 0 nitrogen and oxygen atoms in total. The monoisotopic (exact) mass is 198 g/mol. The molecule has 0 heterocycles. The van der Waals surface area contributed by atoms with Gasteiger partial charge in [-0.2, -0.15) is 0 Å². The van der Waals surface area contributed by atoms with E-state index in [2.05, 4.69) is 41.1 Å². The molecule has 0 saturated heterocycles. The van der Waals surface area contributed by atoms with Gasteiger partial charge in [0.05, 0.1) is 0 Å². The van der Waals surface area contributed by atoms with Crippen LogP contribution in [-0.2, 0) is 0 Å². The second kappa shape index (κ2) is 4.32. The Balaban J connectivity index is 2.67. The van der Waals surface area contributed by atoms with Crippen LogP contribution in [0.25, 0.3) is 6.08 Å². The Bertz CT molecular complexity index is 201. The van der Waals surface area contributed by atoms with Gasteiger partial charge in [0.25, 0.3) is 0 Å². The van der Waals surface area contributed by atoms with Crippen LogP contribution in [0.5, 0.6) is 0 Å². The second-order valence-corrected chi connectivity index (χ2v) is 3.51. The average molecular weight is 197 g/mol. The number of rotatable bonds is 2. The fraction of sp³-hybridized carbons (Fsp3) is 0.111. The molecule has 0 aliphatic rings. The quantitative estimate of drug-likeness (QED) is 0.638. The van der Waals surface area contributed by atoms with Crippen molar-refractivity contribution in [2.45, 2.75) is 5.82 Å². The van der Waals surface area contributed by atoms with E-state index < -0.39 is 0 Å². The van der Waals surface area contributed by atoms with Gasteiger partial charge in [0.15, 0.2) is 0 Å². The third kappa shape index (κ3) is 2.38. The molecule has 1 aromatic carbocycles. The SMILES string of the molecule is C[Se]/C=C/c1ccccc1. The van der Waals surface area contributed by atoms with Crippen LogP contribution >= 0.6 is 0 Å². The first kappa shape index (κ1) is 7.58. The third-order valence-electron chi connectivity index (χ3n) is 1.20. The zero-order valence-corrected chi connectivity index (χ0v) is 7.66. The molecule has 0 atom stereocenters. The van der Waals surface area contributed by atoms with E-state index in [0.717, 1.165) is 0 Å². The summed E-state index contributed by atoms with van der Waals surface area (Å²) in [6, 6.07) is 10.4. The van der Waals surface area contributed by atoms with Gasteiger partial charge in [-0.1, -0.05) is 0 Å². The topological polar surface area (TPSA) is 0 Å². The van der Waals surface area contributed by atoms with Gasteiger partial charge in [0.1, 0.15) is 0 Å². The number of hydrogen-bond donors (Lipinski definition) is 0. The maximum absolute atomic E-state index is 2.22. The molecule has 0 saturated carbocycles. The minimum absolute atomic E-state index is 0.649. The summed E-state index contributed by atoms with van der Waals surface area (Å²) in [7, 11) is 0. The van der Waals surface area contributed by atoms with Gasteiger partial charge in [-0.3, -0.25) is 0 Å². The van der Waals surface area contributed by atoms with Gasteiger partial charge in [-0.25, -0.2) is 0 Å². The van der Waals surface area contributed by atoms with Crippen LogP contribution in [0.4, 0.5) is 0 Å². The van der Waals surface area contributed by atoms with Crippen molar-refractivity contribution in [1.29, 1.82) is 0 Å². The van der Waals surface area contributed by atoms with Crippen molar-refractivity contribution in [3.05, 3.63) is 40.9 Å². The Hall–Kier alpha value is -0.521. The van der Waals surface area contributed by atoms with Crippen molar-refractivity contribution in [1.82, 2.24) is 0 Å². The van der Waals surface area contributed by atoms with E-state index >= 15 is 0 Å². The van der Waals surface area contributed by atoms with Gasteiger partial charge in [0.2, 0.25) is 0 Å². The molecule has 0 aliphatic carbocycles. The van der Waals surface area contributed by atoms with Crippen molar-refractivity contribution >= 4 is 21.0 Å². The summed E-state index contributed by atoms with van der Waals surface area (Å²) in [6.07, 6.45) is 2.17. The number of hydrogen-bond acceptors (Lipinski definition) is 0. The molecule has 0 N–H and O–H groups in total. The first-order chi connectivity index (χ1) is 4.93. The predicted molar refractivity (Wildman–Crippen MR) is 47.1 cm³/mol. The molecule has 1 aromatic rings. The van der Waals surface area contributed by atoms with Crippen LogP contribution in [0.3, 0.4) is 0 Å². The van der Waals surface area contributed by atoms with Gasteiger partial charge in [-0.05, 0) is 0 Å². The summed E-state index contributed by atoms with van der Waals surface area (Å²) in [4.78, 5) is 2.22. The molecule has 0 aliphatic heterocycles. The molecule has 1 rings (SSSR count). The summed E-state index contributed by atoms with van der Waals surface area (Å²) in [6.45, 7) is 0. The molecular formula is C9H10Se. The molecular weight excluding hydrogens is 187 g/mol. The van der Waals surface area contributed by atoms with Crippen molar-refractivity contribution < 1.29 is 0 Å². The zero-order valence-electron chi connectivity index (χ0n) is 5.95. The third-order valence-corrected chi connectivity index (χ3v) is 2.05. The summed E-state index contributed by atoms with van der Waals surface area (Å²) < 4.78 is 0. The molecule has 1 heteroatoms. The van der Waals surface area contributed by atoms with Gasteiger partial charge in [-0.15, -0.1) is 0 Å². The Morgan fingerprint density at radius 2 is 1.90 bits per heavy atom. The molecule has 10 heavy (non-hydrogen) atoms. The first-order valence-electron chi connectivity index (χ1n) is 3.18. The summed E-state index contributed by atoms with van der Waals surface area (Å²) >= 11 is 0.649. The zero-order chi connectivity index (χ0) is 7.23. The van der Waals surface area contributed by atoms with Crippen LogP contribution in [0.1, 0.15) is 5.56 Å². The number of benzene rings is 1. The summed E-state index contributed by atoms with van der Waals surface area (Å²) in [5.41, 5.74) is 1.30. The predicted octanol–water partition coefficient (Wildman–Crippen LogP) is 2.41. The molecule has 0 aromatic heterocycles. The van der Waals surface area contributed by atoms with E-state index in [4.69, 9.17) is 0 Å². The van der Waals surface area contributed by atoms with Gasteiger partial charge >= 0.3 is 67.7 Å². The van der Waals surface area contributed by atoms with Crippen LogP contribution in [0.2, 0.25) is 5.82 Å². The van der Waals surface area contributed by atoms with Crippen molar-refractivity contribution in [3.63, 3.8) is 0 Å². The molecule has 52 valence electrons. The standard InChI is InChI=1S/C9H10Se/c1-10-8-7-9-5-3-2-4-6-9/h2-8H,1H3/b8-7+. The van der Waals surface area contributed by atoms with Gasteiger partial charge in [0, 0.05) is 0 Å². The average Bonchev–Trinajstić information content (AvgIpc) is 2.03. The molecule has 0 radical (unpaired) electrons. The van der Waals surface area contributed by atoms with Crippen molar-refractivity contribution in [3.8, 4) is 0 Å². The molecule has 0 fully saturated rings. The van der Waals surface area contributed by atoms with E-state index in [1.54, 1.807) is 0 Å². The Morgan fingerprint density at radius 1 is 1.20 bits per heavy atom. The van der Waals surface area contributed by atoms with Crippen molar-refractivity contribution in [2.75, 3.05) is 0 Å². The van der Waals surface area contributed by atoms with Crippen LogP contribution < -0.4 is 0 Å². The van der Waals surface area contributed by atoms with E-state index in [9.17, 15) is 0 Å². The minimum atomic E-state index is 0.649.